The molecule has 0 saturated carbocycles. The second kappa shape index (κ2) is 5.64. The highest BCUT2D eigenvalue weighted by atomic mass is 79.9. The molecule has 0 aromatic carbocycles. The molecule has 0 heterocycles. The number of ether oxygens (including phenoxy) is 1. The van der Waals surface area contributed by atoms with Gasteiger partial charge in [-0.2, -0.15) is 0 Å². The number of hydrogen-bond donors (Lipinski definition) is 0. The molecule has 0 bridgehead atoms. The number of hydrogen-bond acceptors (Lipinski definition) is 2. The van der Waals surface area contributed by atoms with Gasteiger partial charge < -0.3 is 4.74 Å². The Labute approximate surface area is 62.7 Å². The molecule has 0 aliphatic carbocycles. The van der Waals surface area contributed by atoms with Crippen molar-refractivity contribution in [3.63, 3.8) is 0 Å². The largest absolute Gasteiger partial charge is 0.456 e. The third kappa shape index (κ3) is 5.38. The number of carbonyl (C=O) groups is 1. The molecule has 0 N–H and O–H groups in total. The number of halogens is 1. The van der Waals surface area contributed by atoms with Crippen molar-refractivity contribution < 1.29 is 9.53 Å². The van der Waals surface area contributed by atoms with Gasteiger partial charge in [-0.15, -0.1) is 6.42 Å². The molecular formula is C6H7BrO2. The molecule has 0 radical (unpaired) electrons. The lowest BCUT2D eigenvalue weighted by molar-refractivity contribution is -0.136. The minimum absolute atomic E-state index is 0.397. The van der Waals surface area contributed by atoms with Gasteiger partial charge in [0.2, 0.25) is 0 Å². The van der Waals surface area contributed by atoms with E-state index in [1.165, 1.54) is 0 Å². The molecule has 0 spiro atoms. The van der Waals surface area contributed by atoms with Crippen LogP contribution in [0.3, 0.4) is 0 Å². The molecule has 0 atom stereocenters. The van der Waals surface area contributed by atoms with E-state index in [4.69, 9.17) is 6.42 Å². The summed E-state index contributed by atoms with van der Waals surface area (Å²) in [7, 11) is 0. The van der Waals surface area contributed by atoms with Gasteiger partial charge >= 0.3 is 5.97 Å². The number of rotatable bonds is 3. The first-order valence-corrected chi connectivity index (χ1v) is 3.62. The van der Waals surface area contributed by atoms with Gasteiger partial charge in [0.1, 0.15) is 0 Å². The maximum absolute atomic E-state index is 10.2. The SMILES string of the molecule is C#CC(=O)OCCCBr. The summed E-state index contributed by atoms with van der Waals surface area (Å²) in [5.41, 5.74) is 0. The van der Waals surface area contributed by atoms with E-state index in [2.05, 4.69) is 20.7 Å². The maximum Gasteiger partial charge on any atom is 0.384 e. The van der Waals surface area contributed by atoms with Gasteiger partial charge in [0.05, 0.1) is 6.61 Å². The topological polar surface area (TPSA) is 26.3 Å². The van der Waals surface area contributed by atoms with Crippen LogP contribution in [0.5, 0.6) is 0 Å². The molecule has 0 aliphatic rings. The van der Waals surface area contributed by atoms with Gasteiger partial charge in [0, 0.05) is 11.3 Å². The Balaban J connectivity index is 3.10. The van der Waals surface area contributed by atoms with E-state index < -0.39 is 5.97 Å². The van der Waals surface area contributed by atoms with Crippen LogP contribution in [0.4, 0.5) is 0 Å². The number of esters is 1. The van der Waals surface area contributed by atoms with Crippen LogP contribution in [0.2, 0.25) is 0 Å². The highest BCUT2D eigenvalue weighted by molar-refractivity contribution is 9.09. The van der Waals surface area contributed by atoms with Gasteiger partial charge in [-0.1, -0.05) is 15.9 Å². The zero-order chi connectivity index (χ0) is 7.11. The fourth-order valence-electron chi connectivity index (χ4n) is 0.261. The Kier molecular flexibility index (Phi) is 5.34. The third-order valence-corrected chi connectivity index (χ3v) is 1.19. The molecule has 0 unspecified atom stereocenters. The van der Waals surface area contributed by atoms with Crippen molar-refractivity contribution in [3.05, 3.63) is 0 Å². The maximum atomic E-state index is 10.2. The summed E-state index contributed by atoms with van der Waals surface area (Å²) < 4.78 is 4.53. The van der Waals surface area contributed by atoms with Crippen molar-refractivity contribution in [1.82, 2.24) is 0 Å². The second-order valence-corrected chi connectivity index (χ2v) is 2.12. The molecule has 0 aliphatic heterocycles. The van der Waals surface area contributed by atoms with Crippen LogP contribution >= 0.6 is 15.9 Å². The first-order valence-electron chi connectivity index (χ1n) is 2.50. The zero-order valence-electron chi connectivity index (χ0n) is 4.89. The van der Waals surface area contributed by atoms with Crippen LogP contribution in [0.15, 0.2) is 0 Å². The molecule has 0 aromatic rings. The van der Waals surface area contributed by atoms with Crippen molar-refractivity contribution in [1.29, 1.82) is 0 Å². The zero-order valence-corrected chi connectivity index (χ0v) is 6.48. The van der Waals surface area contributed by atoms with E-state index in [0.29, 0.717) is 6.61 Å². The Morgan fingerprint density at radius 2 is 2.44 bits per heavy atom. The molecule has 0 saturated heterocycles. The van der Waals surface area contributed by atoms with Crippen LogP contribution in [-0.4, -0.2) is 17.9 Å². The smallest absolute Gasteiger partial charge is 0.384 e. The molecule has 2 nitrogen and oxygen atoms in total. The molecule has 3 heteroatoms. The van der Waals surface area contributed by atoms with E-state index in [1.54, 1.807) is 0 Å². The molecule has 0 fully saturated rings. The van der Waals surface area contributed by atoms with Crippen LogP contribution in [0.1, 0.15) is 6.42 Å². The summed E-state index contributed by atoms with van der Waals surface area (Å²) in [5.74, 6) is 1.26. The first kappa shape index (κ1) is 8.51. The van der Waals surface area contributed by atoms with Crippen molar-refractivity contribution in [3.8, 4) is 12.3 Å². The van der Waals surface area contributed by atoms with Crippen LogP contribution in [0.25, 0.3) is 0 Å². The van der Waals surface area contributed by atoms with Crippen molar-refractivity contribution >= 4 is 21.9 Å². The van der Waals surface area contributed by atoms with Gasteiger partial charge in [-0.05, 0) is 6.42 Å². The monoisotopic (exact) mass is 190 g/mol. The Morgan fingerprint density at radius 3 is 2.89 bits per heavy atom. The van der Waals surface area contributed by atoms with Crippen molar-refractivity contribution in [2.24, 2.45) is 0 Å². The molecule has 9 heavy (non-hydrogen) atoms. The normalized spacial score (nSPS) is 8.00. The summed E-state index contributed by atoms with van der Waals surface area (Å²) in [6, 6.07) is 0. The molecule has 0 rings (SSSR count). The van der Waals surface area contributed by atoms with E-state index in [0.717, 1.165) is 11.8 Å². The fourth-order valence-corrected chi connectivity index (χ4v) is 0.490. The summed E-state index contributed by atoms with van der Waals surface area (Å²) in [6.45, 7) is 0.397. The Morgan fingerprint density at radius 1 is 1.78 bits per heavy atom. The van der Waals surface area contributed by atoms with Crippen LogP contribution < -0.4 is 0 Å². The first-order chi connectivity index (χ1) is 4.31. The second-order valence-electron chi connectivity index (χ2n) is 1.32. The highest BCUT2D eigenvalue weighted by Gasteiger charge is 1.92. The van der Waals surface area contributed by atoms with Gasteiger partial charge in [0.25, 0.3) is 0 Å². The molecule has 50 valence electrons. The summed E-state index contributed by atoms with van der Waals surface area (Å²) in [4.78, 5) is 10.2. The third-order valence-electron chi connectivity index (χ3n) is 0.629. The summed E-state index contributed by atoms with van der Waals surface area (Å²) in [6.07, 6.45) is 5.52. The lowest BCUT2D eigenvalue weighted by Crippen LogP contribution is -2.02. The van der Waals surface area contributed by atoms with E-state index in [9.17, 15) is 4.79 Å². The van der Waals surface area contributed by atoms with Gasteiger partial charge in [0.15, 0.2) is 0 Å². The number of alkyl halides is 1. The van der Waals surface area contributed by atoms with Gasteiger partial charge in [-0.25, -0.2) is 4.79 Å². The molecule has 0 aromatic heterocycles. The van der Waals surface area contributed by atoms with Crippen LogP contribution in [0, 0.1) is 12.3 Å². The van der Waals surface area contributed by atoms with Crippen molar-refractivity contribution in [2.45, 2.75) is 6.42 Å². The van der Waals surface area contributed by atoms with E-state index in [-0.39, 0.29) is 0 Å². The number of terminal acetylenes is 1. The number of carbonyl (C=O) groups excluding carboxylic acids is 1. The minimum Gasteiger partial charge on any atom is -0.456 e. The fraction of sp³-hybridized carbons (Fsp3) is 0.500. The predicted molar refractivity (Wildman–Crippen MR) is 38.2 cm³/mol. The summed E-state index contributed by atoms with van der Waals surface area (Å²) in [5, 5.41) is 0.824. The quantitative estimate of drug-likeness (QED) is 0.218. The lowest BCUT2D eigenvalue weighted by atomic mass is 10.5. The average molecular weight is 191 g/mol. The van der Waals surface area contributed by atoms with Crippen LogP contribution in [-0.2, 0) is 9.53 Å². The molecule has 0 amide bonds. The lowest BCUT2D eigenvalue weighted by Gasteiger charge is -1.95. The Hall–Kier alpha value is -0.490. The predicted octanol–water partition coefficient (Wildman–Crippen LogP) is 0.948. The standard InChI is InChI=1S/C6H7BrO2/c1-2-6(8)9-5-3-4-7/h1H,3-5H2. The van der Waals surface area contributed by atoms with Gasteiger partial charge in [-0.3, -0.25) is 0 Å². The summed E-state index contributed by atoms with van der Waals surface area (Å²) >= 11 is 3.18. The highest BCUT2D eigenvalue weighted by Crippen LogP contribution is 1.88. The minimum atomic E-state index is -0.587. The average Bonchev–Trinajstić information content (AvgIpc) is 1.89. The van der Waals surface area contributed by atoms with E-state index in [1.807, 2.05) is 5.92 Å². The Bertz CT molecular complexity index is 126. The van der Waals surface area contributed by atoms with Crippen molar-refractivity contribution in [2.75, 3.05) is 11.9 Å². The van der Waals surface area contributed by atoms with E-state index >= 15 is 0 Å². The molecular weight excluding hydrogens is 184 g/mol.